The maximum atomic E-state index is 13.9. The second-order valence-corrected chi connectivity index (χ2v) is 12.5. The standard InChI is InChI=1S/C29H34F2N6O6S/c1-42-12-8-32-25-13-19(17-35-9-3-4-10-35)5-6-23(25)28(38)33-27-24-18-36(11-7-26(24)37(34-27)29(39)43-2)44(40,41)22-15-20(30)14-21(31)16-22/h5-6,13-16,32H,3-4,7-12,17-18H2,1-2H3,(H,33,34,38). The number of hydrogen-bond acceptors (Lipinski definition) is 9. The molecule has 2 aliphatic heterocycles. The van der Waals surface area contributed by atoms with Crippen LogP contribution >= 0.6 is 0 Å². The molecule has 44 heavy (non-hydrogen) atoms. The van der Waals surface area contributed by atoms with E-state index in [1.807, 2.05) is 12.1 Å². The van der Waals surface area contributed by atoms with Gasteiger partial charge >= 0.3 is 6.09 Å². The summed E-state index contributed by atoms with van der Waals surface area (Å²) >= 11 is 0. The van der Waals surface area contributed by atoms with Crippen molar-refractivity contribution >= 4 is 33.5 Å². The summed E-state index contributed by atoms with van der Waals surface area (Å²) in [4.78, 5) is 28.0. The largest absolute Gasteiger partial charge is 0.451 e. The summed E-state index contributed by atoms with van der Waals surface area (Å²) < 4.78 is 66.4. The highest BCUT2D eigenvalue weighted by Gasteiger charge is 2.35. The number of carbonyl (C=O) groups is 2. The van der Waals surface area contributed by atoms with E-state index < -0.39 is 38.6 Å². The predicted octanol–water partition coefficient (Wildman–Crippen LogP) is 3.43. The number of rotatable bonds is 10. The lowest BCUT2D eigenvalue weighted by molar-refractivity contribution is 0.102. The molecule has 2 aliphatic rings. The molecule has 12 nitrogen and oxygen atoms in total. The molecule has 1 saturated heterocycles. The van der Waals surface area contributed by atoms with Gasteiger partial charge in [-0.2, -0.15) is 8.99 Å². The van der Waals surface area contributed by atoms with Gasteiger partial charge in [0, 0.05) is 57.0 Å². The number of hydrogen-bond donors (Lipinski definition) is 2. The van der Waals surface area contributed by atoms with Crippen LogP contribution < -0.4 is 10.6 Å². The molecule has 0 bridgehead atoms. The molecule has 2 aromatic carbocycles. The van der Waals surface area contributed by atoms with Crippen LogP contribution in [-0.2, 0) is 39.0 Å². The number of benzene rings is 2. The number of sulfonamides is 1. The Labute approximate surface area is 254 Å². The first-order chi connectivity index (χ1) is 21.1. The number of amides is 1. The van der Waals surface area contributed by atoms with E-state index in [1.165, 1.54) is 7.11 Å². The first-order valence-electron chi connectivity index (χ1n) is 14.2. The van der Waals surface area contributed by atoms with Crippen LogP contribution in [0.3, 0.4) is 0 Å². The monoisotopic (exact) mass is 632 g/mol. The maximum absolute atomic E-state index is 13.9. The summed E-state index contributed by atoms with van der Waals surface area (Å²) in [5, 5.41) is 10.2. The molecular weight excluding hydrogens is 598 g/mol. The zero-order valence-corrected chi connectivity index (χ0v) is 25.3. The highest BCUT2D eigenvalue weighted by atomic mass is 32.2. The van der Waals surface area contributed by atoms with Gasteiger partial charge in [0.1, 0.15) is 11.6 Å². The third-order valence-corrected chi connectivity index (χ3v) is 9.45. The van der Waals surface area contributed by atoms with Crippen molar-refractivity contribution in [1.29, 1.82) is 0 Å². The number of carbonyl (C=O) groups excluding carboxylic acids is 2. The molecule has 0 unspecified atom stereocenters. The molecule has 0 spiro atoms. The van der Waals surface area contributed by atoms with E-state index in [1.54, 1.807) is 13.2 Å². The molecule has 236 valence electrons. The third kappa shape index (κ3) is 6.75. The first kappa shape index (κ1) is 31.5. The lowest BCUT2D eigenvalue weighted by Crippen LogP contribution is -2.37. The van der Waals surface area contributed by atoms with Gasteiger partial charge in [-0.05, 0) is 55.8 Å². The van der Waals surface area contributed by atoms with Gasteiger partial charge in [-0.1, -0.05) is 6.07 Å². The van der Waals surface area contributed by atoms with Crippen LogP contribution in [0.5, 0.6) is 0 Å². The number of nitrogens with one attached hydrogen (secondary N) is 2. The van der Waals surface area contributed by atoms with Crippen LogP contribution in [-0.4, -0.2) is 86.4 Å². The Bertz CT molecular complexity index is 1640. The molecule has 1 amide bonds. The van der Waals surface area contributed by atoms with E-state index in [0.29, 0.717) is 36.2 Å². The Balaban J connectivity index is 1.45. The van der Waals surface area contributed by atoms with Crippen LogP contribution in [0, 0.1) is 11.6 Å². The molecule has 0 saturated carbocycles. The maximum Gasteiger partial charge on any atom is 0.434 e. The van der Waals surface area contributed by atoms with Crippen molar-refractivity contribution in [2.24, 2.45) is 0 Å². The summed E-state index contributed by atoms with van der Waals surface area (Å²) in [7, 11) is -1.58. The van der Waals surface area contributed by atoms with Crippen LogP contribution in [0.15, 0.2) is 41.3 Å². The molecule has 1 fully saturated rings. The molecule has 0 radical (unpaired) electrons. The average Bonchev–Trinajstić information content (AvgIpc) is 3.64. The predicted molar refractivity (Wildman–Crippen MR) is 157 cm³/mol. The van der Waals surface area contributed by atoms with Crippen LogP contribution in [0.2, 0.25) is 0 Å². The minimum atomic E-state index is -4.34. The van der Waals surface area contributed by atoms with Crippen molar-refractivity contribution in [3.8, 4) is 0 Å². The van der Waals surface area contributed by atoms with Gasteiger partial charge in [-0.15, -0.1) is 5.10 Å². The van der Waals surface area contributed by atoms with E-state index in [4.69, 9.17) is 9.47 Å². The van der Waals surface area contributed by atoms with Crippen LogP contribution in [0.4, 0.5) is 25.1 Å². The van der Waals surface area contributed by atoms with Crippen molar-refractivity contribution in [1.82, 2.24) is 19.0 Å². The molecule has 5 rings (SSSR count). The summed E-state index contributed by atoms with van der Waals surface area (Å²) in [6.45, 7) is 3.23. The smallest absolute Gasteiger partial charge is 0.434 e. The van der Waals surface area contributed by atoms with Gasteiger partial charge in [0.2, 0.25) is 10.0 Å². The molecule has 15 heteroatoms. The quantitative estimate of drug-likeness (QED) is 0.323. The van der Waals surface area contributed by atoms with Crippen LogP contribution in [0.25, 0.3) is 0 Å². The molecule has 0 atom stereocenters. The fourth-order valence-corrected chi connectivity index (χ4v) is 6.91. The van der Waals surface area contributed by atoms with Gasteiger partial charge in [0.25, 0.3) is 5.91 Å². The van der Waals surface area contributed by atoms with Crippen molar-refractivity contribution in [3.63, 3.8) is 0 Å². The molecule has 1 aromatic heterocycles. The third-order valence-electron chi connectivity index (χ3n) is 7.63. The van der Waals surface area contributed by atoms with Crippen molar-refractivity contribution in [2.45, 2.75) is 37.2 Å². The highest BCUT2D eigenvalue weighted by Crippen LogP contribution is 2.31. The summed E-state index contributed by atoms with van der Waals surface area (Å²) in [5.74, 6) is -2.64. The Kier molecular flexibility index (Phi) is 9.58. The zero-order valence-electron chi connectivity index (χ0n) is 24.4. The Morgan fingerprint density at radius 1 is 1.02 bits per heavy atom. The van der Waals surface area contributed by atoms with E-state index in [0.717, 1.165) is 59.2 Å². The Hall–Kier alpha value is -3.92. The summed E-state index contributed by atoms with van der Waals surface area (Å²) in [6.07, 6.45) is 1.51. The lowest BCUT2D eigenvalue weighted by atomic mass is 10.1. The Morgan fingerprint density at radius 3 is 2.43 bits per heavy atom. The van der Waals surface area contributed by atoms with Crippen molar-refractivity contribution in [2.75, 3.05) is 57.6 Å². The molecule has 3 heterocycles. The van der Waals surface area contributed by atoms with E-state index in [-0.39, 0.29) is 30.9 Å². The highest BCUT2D eigenvalue weighted by molar-refractivity contribution is 7.89. The SMILES string of the molecule is COCCNc1cc(CN2CCCC2)ccc1C(=O)Nc1nn(C(=O)OC)c2c1CN(S(=O)(=O)c1cc(F)cc(F)c1)CC2. The number of fused-ring (bicyclic) bond motifs is 1. The van der Waals surface area contributed by atoms with Crippen molar-refractivity contribution < 1.29 is 36.3 Å². The number of nitrogens with zero attached hydrogens (tertiary/aromatic N) is 4. The molecule has 0 aliphatic carbocycles. The topological polar surface area (TPSA) is 135 Å². The van der Waals surface area contributed by atoms with Gasteiger partial charge in [-0.3, -0.25) is 9.69 Å². The lowest BCUT2D eigenvalue weighted by Gasteiger charge is -2.27. The first-order valence-corrected chi connectivity index (χ1v) is 15.6. The van der Waals surface area contributed by atoms with Crippen LogP contribution in [0.1, 0.15) is 40.0 Å². The molecule has 3 aromatic rings. The fourth-order valence-electron chi connectivity index (χ4n) is 5.46. The number of ether oxygens (including phenoxy) is 2. The minimum Gasteiger partial charge on any atom is -0.451 e. The van der Waals surface area contributed by atoms with Gasteiger partial charge in [-0.25, -0.2) is 22.0 Å². The number of anilines is 2. The Morgan fingerprint density at radius 2 is 1.75 bits per heavy atom. The fraction of sp³-hybridized carbons (Fsp3) is 0.414. The van der Waals surface area contributed by atoms with E-state index in [9.17, 15) is 26.8 Å². The summed E-state index contributed by atoms with van der Waals surface area (Å²) in [5.41, 5.74) is 2.53. The normalized spacial score (nSPS) is 15.6. The number of halogens is 2. The van der Waals surface area contributed by atoms with Gasteiger partial charge < -0.3 is 20.1 Å². The van der Waals surface area contributed by atoms with Gasteiger partial charge in [0.15, 0.2) is 5.82 Å². The van der Waals surface area contributed by atoms with E-state index in [2.05, 4.69) is 20.6 Å². The second kappa shape index (κ2) is 13.4. The van der Waals surface area contributed by atoms with Gasteiger partial charge in [0.05, 0.1) is 29.9 Å². The summed E-state index contributed by atoms with van der Waals surface area (Å²) in [6, 6.07) is 7.55. The van der Waals surface area contributed by atoms with E-state index >= 15 is 0 Å². The molecule has 2 N–H and O–H groups in total. The van der Waals surface area contributed by atoms with Crippen molar-refractivity contribution in [3.05, 3.63) is 70.4 Å². The minimum absolute atomic E-state index is 0.0271. The number of aromatic nitrogens is 2. The number of methoxy groups -OCH3 is 2. The zero-order chi connectivity index (χ0) is 31.4. The molecular formula is C29H34F2N6O6S. The average molecular weight is 633 g/mol. The second-order valence-electron chi connectivity index (χ2n) is 10.6. The number of likely N-dealkylation sites (tertiary alicyclic amines) is 1.